The van der Waals surface area contributed by atoms with Crippen LogP contribution in [0.1, 0.15) is 0 Å². The van der Waals surface area contributed by atoms with E-state index in [9.17, 15) is 0 Å². The van der Waals surface area contributed by atoms with Gasteiger partial charge in [0.1, 0.15) is 0 Å². The van der Waals surface area contributed by atoms with Crippen molar-refractivity contribution < 1.29 is 0 Å². The van der Waals surface area contributed by atoms with E-state index >= 15 is 0 Å². The summed E-state index contributed by atoms with van der Waals surface area (Å²) < 4.78 is 0. The molecule has 0 atom stereocenters. The molecule has 0 rings (SSSR count). The normalized spacial score (nSPS) is 15.0. The van der Waals surface area contributed by atoms with E-state index in [0.29, 0.717) is 0 Å². The molecule has 0 aliphatic carbocycles. The Morgan fingerprint density at radius 1 is 0.643 bits per heavy atom. The Morgan fingerprint density at radius 3 is 1.00 bits per heavy atom. The van der Waals surface area contributed by atoms with Crippen molar-refractivity contribution in [1.29, 1.82) is 0 Å². The van der Waals surface area contributed by atoms with Gasteiger partial charge in [0.25, 0.3) is 0 Å². The van der Waals surface area contributed by atoms with Crippen molar-refractivity contribution in [2.75, 3.05) is 0 Å². The molecule has 14 heavy (non-hydrogen) atoms. The van der Waals surface area contributed by atoms with E-state index in [-0.39, 0.29) is 0 Å². The van der Waals surface area contributed by atoms with Gasteiger partial charge in [-0.2, -0.15) is 0 Å². The highest BCUT2D eigenvalue weighted by Crippen LogP contribution is 2.38. The Balaban J connectivity index is 4.78. The molecule has 0 unspecified atom stereocenters. The highest BCUT2D eigenvalue weighted by atomic mass is 28.4. The fraction of sp³-hybridized carbons (Fsp3) is 1.00. The summed E-state index contributed by atoms with van der Waals surface area (Å²) in [4.78, 5) is 0. The van der Waals surface area contributed by atoms with Gasteiger partial charge in [0, 0.05) is 24.2 Å². The first kappa shape index (κ1) is 14.7. The lowest BCUT2D eigenvalue weighted by Gasteiger charge is -2.41. The van der Waals surface area contributed by atoms with Crippen LogP contribution in [0.5, 0.6) is 0 Å². The summed E-state index contributed by atoms with van der Waals surface area (Å²) >= 11 is 0. The van der Waals surface area contributed by atoms with Crippen LogP contribution in [0.3, 0.4) is 0 Å². The fourth-order valence-electron chi connectivity index (χ4n) is 2.52. The lowest BCUT2D eigenvalue weighted by molar-refractivity contribution is 1.13. The van der Waals surface area contributed by atoms with E-state index in [0.717, 1.165) is 5.16 Å². The summed E-state index contributed by atoms with van der Waals surface area (Å²) in [6, 6.07) is 1.57. The van der Waals surface area contributed by atoms with Crippen molar-refractivity contribution in [3.05, 3.63) is 0 Å². The predicted molar refractivity (Wildman–Crippen MR) is 78.6 cm³/mol. The average Bonchev–Trinajstić information content (AvgIpc) is 1.75. The second kappa shape index (κ2) is 4.26. The second-order valence-corrected chi connectivity index (χ2v) is 25.0. The average molecular weight is 247 g/mol. The van der Waals surface area contributed by atoms with E-state index in [4.69, 9.17) is 0 Å². The lowest BCUT2D eigenvalue weighted by atomic mass is 10.9. The second-order valence-electron chi connectivity index (χ2n) is 8.05. The third kappa shape index (κ3) is 5.51. The van der Waals surface area contributed by atoms with Crippen LogP contribution in [0, 0.1) is 0 Å². The maximum Gasteiger partial charge on any atom is 0.0444 e. The Hall–Kier alpha value is 0.651. The quantitative estimate of drug-likeness (QED) is 0.618. The number of hydrogen-bond donors (Lipinski definition) is 0. The van der Waals surface area contributed by atoms with Crippen molar-refractivity contribution in [3.8, 4) is 0 Å². The first-order valence-corrected chi connectivity index (χ1v) is 16.7. The zero-order valence-electron chi connectivity index (χ0n) is 11.8. The van der Waals surface area contributed by atoms with Gasteiger partial charge in [0.2, 0.25) is 0 Å². The first-order valence-electron chi connectivity index (χ1n) is 5.84. The Bertz CT molecular complexity index is 164. The van der Waals surface area contributed by atoms with Gasteiger partial charge < -0.3 is 0 Å². The third-order valence-corrected chi connectivity index (χ3v) is 15.1. The molecule has 0 heterocycles. The summed E-state index contributed by atoms with van der Waals surface area (Å²) in [5.74, 6) is 0. The van der Waals surface area contributed by atoms with Crippen molar-refractivity contribution in [1.82, 2.24) is 0 Å². The van der Waals surface area contributed by atoms with Gasteiger partial charge in [-0.05, 0) is 0 Å². The highest BCUT2D eigenvalue weighted by molar-refractivity contribution is 6.98. The molecular weight excluding hydrogens is 216 g/mol. The molecule has 0 amide bonds. The van der Waals surface area contributed by atoms with Gasteiger partial charge in [-0.25, -0.2) is 0 Å². The molecule has 0 bridgehead atoms. The predicted octanol–water partition coefficient (Wildman–Crippen LogP) is 4.91. The van der Waals surface area contributed by atoms with Gasteiger partial charge in [-0.3, -0.25) is 0 Å². The Kier molecular flexibility index (Phi) is 4.46. The van der Waals surface area contributed by atoms with Crippen LogP contribution < -0.4 is 0 Å². The van der Waals surface area contributed by atoms with Crippen molar-refractivity contribution in [2.45, 2.75) is 70.1 Å². The molecule has 0 aromatic heterocycles. The lowest BCUT2D eigenvalue weighted by Crippen LogP contribution is -2.46. The van der Waals surface area contributed by atoms with E-state index < -0.39 is 24.2 Å². The summed E-state index contributed by atoms with van der Waals surface area (Å²) in [6.45, 7) is 23.0. The molecule has 0 spiro atoms. The van der Waals surface area contributed by atoms with Gasteiger partial charge in [-0.1, -0.05) is 70.1 Å². The van der Waals surface area contributed by atoms with Crippen LogP contribution in [0.4, 0.5) is 0 Å². The Morgan fingerprint density at radius 2 is 0.929 bits per heavy atom. The molecule has 0 radical (unpaired) electrons. The summed E-state index contributed by atoms with van der Waals surface area (Å²) in [5.41, 5.74) is 0. The van der Waals surface area contributed by atoms with Crippen LogP contribution in [0.2, 0.25) is 70.1 Å². The maximum atomic E-state index is 2.57. The molecule has 0 saturated heterocycles. The molecule has 0 nitrogen and oxygen atoms in total. The van der Waals surface area contributed by atoms with Gasteiger partial charge >= 0.3 is 0 Å². The van der Waals surface area contributed by atoms with Crippen LogP contribution >= 0.6 is 0 Å². The molecule has 0 aliphatic rings. The maximum absolute atomic E-state index is 2.57. The van der Waals surface area contributed by atoms with Crippen molar-refractivity contribution in [3.63, 3.8) is 0 Å². The topological polar surface area (TPSA) is 0 Å². The minimum Gasteiger partial charge on any atom is -0.0696 e. The summed E-state index contributed by atoms with van der Waals surface area (Å²) in [7, 11) is -2.74. The van der Waals surface area contributed by atoms with Crippen LogP contribution in [0.25, 0.3) is 0 Å². The first-order chi connectivity index (χ1) is 5.84. The van der Waals surface area contributed by atoms with Crippen LogP contribution in [0.15, 0.2) is 0 Å². The number of rotatable bonds is 4. The van der Waals surface area contributed by atoms with Gasteiger partial charge in [0.05, 0.1) is 0 Å². The molecule has 86 valence electrons. The molecule has 0 saturated carbocycles. The molecule has 3 heteroatoms. The van der Waals surface area contributed by atoms with Crippen LogP contribution in [-0.4, -0.2) is 24.2 Å². The van der Waals surface area contributed by atoms with E-state index in [1.807, 2.05) is 0 Å². The highest BCUT2D eigenvalue weighted by Gasteiger charge is 2.39. The standard InChI is InChI=1S/C11H30Si3/c1-12(2,3)10-11(13(4,5)6)14(7,8)9/h11H,10H2,1-9H3. The fourth-order valence-corrected chi connectivity index (χ4v) is 22.7. The van der Waals surface area contributed by atoms with Gasteiger partial charge in [-0.15, -0.1) is 0 Å². The monoisotopic (exact) mass is 246 g/mol. The molecule has 0 N–H and O–H groups in total. The van der Waals surface area contributed by atoms with Crippen molar-refractivity contribution in [2.24, 2.45) is 0 Å². The zero-order chi connectivity index (χ0) is 11.8. The van der Waals surface area contributed by atoms with Crippen LogP contribution in [-0.2, 0) is 0 Å². The summed E-state index contributed by atoms with van der Waals surface area (Å²) in [6.07, 6.45) is 0. The van der Waals surface area contributed by atoms with Crippen molar-refractivity contribution >= 4 is 24.2 Å². The molecule has 0 aromatic carbocycles. The largest absolute Gasteiger partial charge is 0.0696 e. The minimum absolute atomic E-state index is 0.870. The van der Waals surface area contributed by atoms with E-state index in [1.54, 1.807) is 6.04 Å². The summed E-state index contributed by atoms with van der Waals surface area (Å²) in [5, 5.41) is 1.11. The van der Waals surface area contributed by atoms with E-state index in [1.165, 1.54) is 0 Å². The van der Waals surface area contributed by atoms with E-state index in [2.05, 4.69) is 58.9 Å². The molecular formula is C11H30Si3. The smallest absolute Gasteiger partial charge is 0.0444 e. The zero-order valence-corrected chi connectivity index (χ0v) is 14.8. The molecule has 0 aliphatic heterocycles. The molecule has 0 fully saturated rings. The number of hydrogen-bond acceptors (Lipinski definition) is 0. The minimum atomic E-state index is -0.935. The molecule has 0 aromatic rings. The Labute approximate surface area is 94.5 Å². The third-order valence-electron chi connectivity index (χ3n) is 2.91. The SMILES string of the molecule is C[Si](C)(C)CC([Si](C)(C)C)[Si](C)(C)C. The van der Waals surface area contributed by atoms with Gasteiger partial charge in [0.15, 0.2) is 0 Å².